The van der Waals surface area contributed by atoms with Crippen molar-refractivity contribution >= 4 is 23.2 Å². The van der Waals surface area contributed by atoms with Crippen LogP contribution in [0.5, 0.6) is 0 Å². The molecule has 3 heteroatoms. The second-order valence-corrected chi connectivity index (χ2v) is 5.55. The van der Waals surface area contributed by atoms with Gasteiger partial charge in [0.25, 0.3) is 0 Å². The summed E-state index contributed by atoms with van der Waals surface area (Å²) in [4.78, 5) is 0. The molecule has 0 fully saturated rings. The molecule has 1 aromatic rings. The molecule has 1 N–H and O–H groups in total. The van der Waals surface area contributed by atoms with Gasteiger partial charge in [0, 0.05) is 10.0 Å². The maximum atomic E-state index is 6.18. The molecule has 1 aromatic carbocycles. The van der Waals surface area contributed by atoms with Crippen molar-refractivity contribution in [3.8, 4) is 0 Å². The van der Waals surface area contributed by atoms with Gasteiger partial charge in [-0.25, -0.2) is 0 Å². The minimum Gasteiger partial charge on any atom is -0.317 e. The van der Waals surface area contributed by atoms with Gasteiger partial charge < -0.3 is 5.32 Å². The first-order chi connectivity index (χ1) is 8.04. The molecular weight excluding hydrogens is 253 g/mol. The zero-order chi connectivity index (χ0) is 12.8. The molecule has 2 atom stereocenters. The van der Waals surface area contributed by atoms with Crippen LogP contribution >= 0.6 is 23.2 Å². The number of hydrogen-bond donors (Lipinski definition) is 1. The van der Waals surface area contributed by atoms with Crippen molar-refractivity contribution < 1.29 is 0 Å². The highest BCUT2D eigenvalue weighted by atomic mass is 35.5. The van der Waals surface area contributed by atoms with Gasteiger partial charge in [-0.15, -0.1) is 0 Å². The fourth-order valence-electron chi connectivity index (χ4n) is 1.81. The molecule has 0 radical (unpaired) electrons. The molecule has 17 heavy (non-hydrogen) atoms. The van der Waals surface area contributed by atoms with Gasteiger partial charge in [-0.3, -0.25) is 0 Å². The summed E-state index contributed by atoms with van der Waals surface area (Å²) in [5.74, 6) is 1.24. The monoisotopic (exact) mass is 273 g/mol. The maximum Gasteiger partial charge on any atom is 0.0452 e. The lowest BCUT2D eigenvalue weighted by Gasteiger charge is -2.20. The van der Waals surface area contributed by atoms with Crippen molar-refractivity contribution in [1.82, 2.24) is 5.32 Å². The molecule has 0 amide bonds. The van der Waals surface area contributed by atoms with Crippen LogP contribution in [0.4, 0.5) is 0 Å². The molecule has 2 unspecified atom stereocenters. The van der Waals surface area contributed by atoms with Crippen LogP contribution in [0.15, 0.2) is 18.2 Å². The highest BCUT2D eigenvalue weighted by Crippen LogP contribution is 2.25. The predicted molar refractivity (Wildman–Crippen MR) is 77.0 cm³/mol. The molecule has 0 aliphatic rings. The Balaban J connectivity index is 2.58. The Kier molecular flexibility index (Phi) is 6.32. The highest BCUT2D eigenvalue weighted by Gasteiger charge is 2.14. The van der Waals surface area contributed by atoms with Crippen LogP contribution in [-0.2, 0) is 6.42 Å². The van der Waals surface area contributed by atoms with E-state index in [1.807, 2.05) is 18.2 Å². The molecule has 96 valence electrons. The van der Waals surface area contributed by atoms with E-state index in [-0.39, 0.29) is 0 Å². The Labute approximate surface area is 115 Å². The number of benzene rings is 1. The number of halogens is 2. The predicted octanol–water partition coefficient (Wildman–Crippen LogP) is 4.42. The number of rotatable bonds is 6. The Morgan fingerprint density at radius 2 is 1.88 bits per heavy atom. The smallest absolute Gasteiger partial charge is 0.0452 e. The molecule has 0 aromatic heterocycles. The molecule has 1 nitrogen and oxygen atoms in total. The molecule has 0 heterocycles. The van der Waals surface area contributed by atoms with Gasteiger partial charge in [-0.1, -0.05) is 50.0 Å². The van der Waals surface area contributed by atoms with Crippen LogP contribution in [0.2, 0.25) is 10.0 Å². The van der Waals surface area contributed by atoms with Crippen LogP contribution in [-0.4, -0.2) is 13.1 Å². The summed E-state index contributed by atoms with van der Waals surface area (Å²) >= 11 is 12.1. The topological polar surface area (TPSA) is 12.0 Å². The minimum atomic E-state index is 0.604. The van der Waals surface area contributed by atoms with Gasteiger partial charge in [-0.2, -0.15) is 0 Å². The first kappa shape index (κ1) is 14.8. The largest absolute Gasteiger partial charge is 0.317 e. The zero-order valence-electron chi connectivity index (χ0n) is 10.8. The van der Waals surface area contributed by atoms with E-state index in [0.717, 1.165) is 24.5 Å². The van der Waals surface area contributed by atoms with Crippen molar-refractivity contribution in [2.75, 3.05) is 13.1 Å². The van der Waals surface area contributed by atoms with Gasteiger partial charge >= 0.3 is 0 Å². The van der Waals surface area contributed by atoms with Gasteiger partial charge in [0.05, 0.1) is 0 Å². The second kappa shape index (κ2) is 7.25. The summed E-state index contributed by atoms with van der Waals surface area (Å²) in [5.41, 5.74) is 1.19. The third kappa shape index (κ3) is 4.87. The molecule has 0 saturated carbocycles. The van der Waals surface area contributed by atoms with Crippen LogP contribution < -0.4 is 5.32 Å². The normalized spacial score (nSPS) is 14.6. The fraction of sp³-hybridized carbons (Fsp3) is 0.571. The summed E-state index contributed by atoms with van der Waals surface area (Å²) in [5, 5.41) is 4.86. The standard InChI is InChI=1S/C14H21Cl2N/c1-4-17-9-11(3)10(2)7-12-5-6-13(15)8-14(12)16/h5-6,8,10-11,17H,4,7,9H2,1-3H3. The quantitative estimate of drug-likeness (QED) is 0.809. The molecular formula is C14H21Cl2N. The molecule has 0 aliphatic carbocycles. The number of nitrogens with one attached hydrogen (secondary N) is 1. The van der Waals surface area contributed by atoms with E-state index in [4.69, 9.17) is 23.2 Å². The summed E-state index contributed by atoms with van der Waals surface area (Å²) in [6.07, 6.45) is 1.00. The summed E-state index contributed by atoms with van der Waals surface area (Å²) in [6, 6.07) is 5.76. The summed E-state index contributed by atoms with van der Waals surface area (Å²) in [7, 11) is 0. The third-order valence-corrected chi connectivity index (χ3v) is 3.83. The van der Waals surface area contributed by atoms with Crippen LogP contribution in [0.3, 0.4) is 0 Å². The first-order valence-corrected chi connectivity index (χ1v) is 6.94. The zero-order valence-corrected chi connectivity index (χ0v) is 12.3. The lowest BCUT2D eigenvalue weighted by Crippen LogP contribution is -2.25. The molecule has 0 bridgehead atoms. The van der Waals surface area contributed by atoms with Crippen molar-refractivity contribution in [3.63, 3.8) is 0 Å². The Morgan fingerprint density at radius 3 is 2.47 bits per heavy atom. The Hall–Kier alpha value is -0.240. The van der Waals surface area contributed by atoms with Gasteiger partial charge in [0.2, 0.25) is 0 Å². The van der Waals surface area contributed by atoms with Gasteiger partial charge in [0.15, 0.2) is 0 Å². The van der Waals surface area contributed by atoms with Crippen molar-refractivity contribution in [3.05, 3.63) is 33.8 Å². The molecule has 0 aliphatic heterocycles. The van der Waals surface area contributed by atoms with E-state index in [1.165, 1.54) is 5.56 Å². The van der Waals surface area contributed by atoms with E-state index in [0.29, 0.717) is 16.9 Å². The molecule has 0 saturated heterocycles. The van der Waals surface area contributed by atoms with Gasteiger partial charge in [-0.05, 0) is 49.0 Å². The summed E-state index contributed by atoms with van der Waals surface area (Å²) in [6.45, 7) is 8.76. The Morgan fingerprint density at radius 1 is 1.18 bits per heavy atom. The van der Waals surface area contributed by atoms with E-state index in [1.54, 1.807) is 0 Å². The lowest BCUT2D eigenvalue weighted by atomic mass is 9.89. The highest BCUT2D eigenvalue weighted by molar-refractivity contribution is 6.35. The van der Waals surface area contributed by atoms with Crippen molar-refractivity contribution in [2.45, 2.75) is 27.2 Å². The minimum absolute atomic E-state index is 0.604. The van der Waals surface area contributed by atoms with Gasteiger partial charge in [0.1, 0.15) is 0 Å². The Bertz CT molecular complexity index is 352. The summed E-state index contributed by atoms with van der Waals surface area (Å²) < 4.78 is 0. The van der Waals surface area contributed by atoms with Crippen LogP contribution in [0.25, 0.3) is 0 Å². The van der Waals surface area contributed by atoms with E-state index in [2.05, 4.69) is 26.1 Å². The molecule has 0 spiro atoms. The molecule has 1 rings (SSSR count). The average Bonchev–Trinajstić information content (AvgIpc) is 2.29. The SMILES string of the molecule is CCNCC(C)C(C)Cc1ccc(Cl)cc1Cl. The maximum absolute atomic E-state index is 6.18. The third-order valence-electron chi connectivity index (χ3n) is 3.24. The second-order valence-electron chi connectivity index (χ2n) is 4.70. The van der Waals surface area contributed by atoms with E-state index < -0.39 is 0 Å². The lowest BCUT2D eigenvalue weighted by molar-refractivity contribution is 0.368. The van der Waals surface area contributed by atoms with Crippen molar-refractivity contribution in [1.29, 1.82) is 0 Å². The number of hydrogen-bond acceptors (Lipinski definition) is 1. The first-order valence-electron chi connectivity index (χ1n) is 6.19. The van der Waals surface area contributed by atoms with Crippen LogP contribution in [0.1, 0.15) is 26.3 Å². The van der Waals surface area contributed by atoms with E-state index >= 15 is 0 Å². The fourth-order valence-corrected chi connectivity index (χ4v) is 2.29. The van der Waals surface area contributed by atoms with Crippen LogP contribution in [0, 0.1) is 11.8 Å². The van der Waals surface area contributed by atoms with Crippen molar-refractivity contribution in [2.24, 2.45) is 11.8 Å². The van der Waals surface area contributed by atoms with E-state index in [9.17, 15) is 0 Å². The average molecular weight is 274 g/mol.